The van der Waals surface area contributed by atoms with Crippen molar-refractivity contribution in [2.75, 3.05) is 11.6 Å². The summed E-state index contributed by atoms with van der Waals surface area (Å²) in [4.78, 5) is 0. The van der Waals surface area contributed by atoms with E-state index in [0.717, 1.165) is 32.6 Å². The molecule has 39 heavy (non-hydrogen) atoms. The highest BCUT2D eigenvalue weighted by Crippen LogP contribution is 2.39. The quantitative estimate of drug-likeness (QED) is 0.202. The maximum Gasteiger partial charge on any atom is 0.127 e. The van der Waals surface area contributed by atoms with Crippen LogP contribution in [0.15, 0.2) is 125 Å². The van der Waals surface area contributed by atoms with Crippen LogP contribution in [0.1, 0.15) is 16.7 Å². The molecular weight excluding hydrogens is 552 g/mol. The molecule has 1 fully saturated rings. The van der Waals surface area contributed by atoms with Gasteiger partial charge in [-0.25, -0.2) is 0 Å². The molecule has 198 valence electrons. The molecule has 4 aromatic carbocycles. The molecule has 0 bridgehead atoms. The molecule has 0 spiro atoms. The van der Waals surface area contributed by atoms with Gasteiger partial charge in [0.2, 0.25) is 0 Å². The van der Waals surface area contributed by atoms with Crippen molar-refractivity contribution < 1.29 is 14.2 Å². The van der Waals surface area contributed by atoms with Crippen LogP contribution >= 0.6 is 15.9 Å². The van der Waals surface area contributed by atoms with Gasteiger partial charge in [-0.15, -0.1) is 0 Å². The van der Waals surface area contributed by atoms with Crippen molar-refractivity contribution in [2.24, 2.45) is 11.0 Å². The van der Waals surface area contributed by atoms with Crippen LogP contribution in [-0.2, 0) is 34.0 Å². The first-order chi connectivity index (χ1) is 19.2. The van der Waals surface area contributed by atoms with Crippen molar-refractivity contribution >= 4 is 27.3 Å². The second-order valence-electron chi connectivity index (χ2n) is 9.93. The highest BCUT2D eigenvalue weighted by Gasteiger charge is 2.54. The van der Waals surface area contributed by atoms with Crippen LogP contribution in [-0.4, -0.2) is 30.6 Å². The van der Waals surface area contributed by atoms with E-state index < -0.39 is 0 Å². The van der Waals surface area contributed by atoms with Gasteiger partial charge in [-0.3, -0.25) is 5.01 Å². The van der Waals surface area contributed by atoms with Gasteiger partial charge >= 0.3 is 0 Å². The fourth-order valence-electron chi connectivity index (χ4n) is 5.29. The van der Waals surface area contributed by atoms with Gasteiger partial charge < -0.3 is 14.2 Å². The zero-order valence-electron chi connectivity index (χ0n) is 21.6. The highest BCUT2D eigenvalue weighted by atomic mass is 79.9. The maximum atomic E-state index is 6.67. The van der Waals surface area contributed by atoms with Gasteiger partial charge in [-0.1, -0.05) is 107 Å². The zero-order valence-corrected chi connectivity index (χ0v) is 23.2. The summed E-state index contributed by atoms with van der Waals surface area (Å²) in [5.74, 6) is 0.0545. The zero-order chi connectivity index (χ0) is 26.4. The SMILES string of the molecule is Brc1ccc(N2C[C@H]3C(=N2)[C@H](OCc2ccccc2)[C@@H](OCc2ccccc2)[C@H]3OCc2ccccc2)cc1. The smallest absolute Gasteiger partial charge is 0.127 e. The number of hydrazone groups is 1. The first-order valence-corrected chi connectivity index (χ1v) is 14.1. The lowest BCUT2D eigenvalue weighted by Crippen LogP contribution is -2.39. The minimum Gasteiger partial charge on any atom is -0.370 e. The van der Waals surface area contributed by atoms with Crippen molar-refractivity contribution in [1.82, 2.24) is 0 Å². The number of anilines is 1. The summed E-state index contributed by atoms with van der Waals surface area (Å²) in [5.41, 5.74) is 5.41. The molecular formula is C33H31BrN2O3. The molecule has 1 aliphatic carbocycles. The molecule has 0 N–H and O–H groups in total. The molecule has 6 heteroatoms. The number of rotatable bonds is 10. The number of hydrogen-bond donors (Lipinski definition) is 0. The predicted molar refractivity (Wildman–Crippen MR) is 157 cm³/mol. The third-order valence-electron chi connectivity index (χ3n) is 7.26. The highest BCUT2D eigenvalue weighted by molar-refractivity contribution is 9.10. The van der Waals surface area contributed by atoms with Crippen molar-refractivity contribution in [3.8, 4) is 0 Å². The molecule has 6 rings (SSSR count). The molecule has 0 amide bonds. The Morgan fingerprint density at radius 2 is 1.10 bits per heavy atom. The van der Waals surface area contributed by atoms with Crippen LogP contribution in [0.2, 0.25) is 0 Å². The van der Waals surface area contributed by atoms with Crippen LogP contribution in [0, 0.1) is 5.92 Å². The Hall–Kier alpha value is -3.29. The molecule has 4 atom stereocenters. The molecule has 1 saturated carbocycles. The molecule has 2 aliphatic rings. The molecule has 4 aromatic rings. The van der Waals surface area contributed by atoms with Gasteiger partial charge in [-0.2, -0.15) is 5.10 Å². The van der Waals surface area contributed by atoms with E-state index >= 15 is 0 Å². The van der Waals surface area contributed by atoms with E-state index in [1.807, 2.05) is 66.7 Å². The largest absolute Gasteiger partial charge is 0.370 e. The van der Waals surface area contributed by atoms with E-state index in [1.165, 1.54) is 0 Å². The van der Waals surface area contributed by atoms with Gasteiger partial charge in [-0.05, 0) is 41.0 Å². The van der Waals surface area contributed by atoms with Crippen LogP contribution in [0.3, 0.4) is 0 Å². The van der Waals surface area contributed by atoms with Gasteiger partial charge in [0.05, 0.1) is 49.8 Å². The number of nitrogens with zero attached hydrogens (tertiary/aromatic N) is 2. The van der Waals surface area contributed by atoms with Crippen molar-refractivity contribution in [3.63, 3.8) is 0 Å². The third kappa shape index (κ3) is 6.15. The van der Waals surface area contributed by atoms with Crippen LogP contribution in [0.25, 0.3) is 0 Å². The molecule has 0 aromatic heterocycles. The van der Waals surface area contributed by atoms with Crippen molar-refractivity contribution in [1.29, 1.82) is 0 Å². The monoisotopic (exact) mass is 582 g/mol. The third-order valence-corrected chi connectivity index (χ3v) is 7.79. The summed E-state index contributed by atoms with van der Waals surface area (Å²) >= 11 is 3.54. The van der Waals surface area contributed by atoms with Crippen molar-refractivity contribution in [3.05, 3.63) is 136 Å². The van der Waals surface area contributed by atoms with E-state index in [2.05, 4.69) is 69.5 Å². The number of hydrogen-bond acceptors (Lipinski definition) is 5. The first kappa shape index (κ1) is 26.0. The Labute approximate surface area is 238 Å². The topological polar surface area (TPSA) is 43.3 Å². The molecule has 0 radical (unpaired) electrons. The Bertz CT molecular complexity index is 1370. The minimum atomic E-state index is -0.319. The maximum absolute atomic E-state index is 6.67. The lowest BCUT2D eigenvalue weighted by molar-refractivity contribution is -0.123. The summed E-state index contributed by atoms with van der Waals surface area (Å²) in [6.45, 7) is 2.18. The normalized spacial score (nSPS) is 22.1. The Morgan fingerprint density at radius 3 is 1.64 bits per heavy atom. The second-order valence-corrected chi connectivity index (χ2v) is 10.8. The summed E-state index contributed by atoms with van der Waals surface area (Å²) in [6, 6.07) is 39.1. The fraction of sp³-hybridized carbons (Fsp3) is 0.242. The van der Waals surface area contributed by atoms with E-state index in [0.29, 0.717) is 26.4 Å². The average Bonchev–Trinajstić information content (AvgIpc) is 3.53. The van der Waals surface area contributed by atoms with E-state index in [9.17, 15) is 0 Å². The second kappa shape index (κ2) is 12.3. The van der Waals surface area contributed by atoms with Crippen LogP contribution in [0.4, 0.5) is 5.69 Å². The van der Waals surface area contributed by atoms with Gasteiger partial charge in [0.1, 0.15) is 12.2 Å². The number of ether oxygens (including phenoxy) is 3. The molecule has 0 saturated heterocycles. The summed E-state index contributed by atoms with van der Waals surface area (Å²) in [5, 5.41) is 7.17. The summed E-state index contributed by atoms with van der Waals surface area (Å²) < 4.78 is 21.0. The summed E-state index contributed by atoms with van der Waals surface area (Å²) in [6.07, 6.45) is -0.803. The molecule has 0 unspecified atom stereocenters. The lowest BCUT2D eigenvalue weighted by Gasteiger charge is -2.28. The number of fused-ring (bicyclic) bond motifs is 1. The lowest BCUT2D eigenvalue weighted by atomic mass is 10.0. The Balaban J connectivity index is 1.30. The van der Waals surface area contributed by atoms with Gasteiger partial charge in [0, 0.05) is 4.47 Å². The molecule has 5 nitrogen and oxygen atoms in total. The standard InChI is InChI=1S/C33H31BrN2O3/c34-27-16-18-28(19-17-27)36-20-29-30(35-36)32(38-22-25-12-6-2-7-13-25)33(39-23-26-14-8-3-9-15-26)31(29)37-21-24-10-4-1-5-11-24/h1-19,29,31-33H,20-23H2/t29-,31-,32-,33-/m0/s1. The first-order valence-electron chi connectivity index (χ1n) is 13.3. The Kier molecular flexibility index (Phi) is 8.16. The predicted octanol–water partition coefficient (Wildman–Crippen LogP) is 7.01. The van der Waals surface area contributed by atoms with Gasteiger partial charge in [0.15, 0.2) is 0 Å². The van der Waals surface area contributed by atoms with Gasteiger partial charge in [0.25, 0.3) is 0 Å². The molecule has 1 heterocycles. The fourth-order valence-corrected chi connectivity index (χ4v) is 5.55. The van der Waals surface area contributed by atoms with Crippen molar-refractivity contribution in [2.45, 2.75) is 38.1 Å². The Morgan fingerprint density at radius 1 is 0.615 bits per heavy atom. The van der Waals surface area contributed by atoms with E-state index in [-0.39, 0.29) is 24.2 Å². The molecule has 1 aliphatic heterocycles. The number of halogens is 1. The van der Waals surface area contributed by atoms with Crippen LogP contribution < -0.4 is 5.01 Å². The van der Waals surface area contributed by atoms with Crippen LogP contribution in [0.5, 0.6) is 0 Å². The minimum absolute atomic E-state index is 0.0545. The van der Waals surface area contributed by atoms with E-state index in [1.54, 1.807) is 0 Å². The van der Waals surface area contributed by atoms with E-state index in [4.69, 9.17) is 19.3 Å². The average molecular weight is 584 g/mol. The number of benzene rings is 4. The summed E-state index contributed by atoms with van der Waals surface area (Å²) in [7, 11) is 0.